The summed E-state index contributed by atoms with van der Waals surface area (Å²) in [6, 6.07) is 4.04. The molecule has 31 heavy (non-hydrogen) atoms. The van der Waals surface area contributed by atoms with Crippen molar-refractivity contribution in [3.8, 4) is 22.0 Å². The molecule has 3 aliphatic rings. The fourth-order valence-electron chi connectivity index (χ4n) is 5.42. The largest absolute Gasteiger partial charge is 0.364 e. The van der Waals surface area contributed by atoms with Crippen LogP contribution in [0.4, 0.5) is 10.2 Å². The van der Waals surface area contributed by atoms with Gasteiger partial charge in [-0.15, -0.1) is 11.3 Å². The summed E-state index contributed by atoms with van der Waals surface area (Å²) < 4.78 is 15.7. The molecule has 0 unspecified atom stereocenters. The summed E-state index contributed by atoms with van der Waals surface area (Å²) in [6.07, 6.45) is 10.1. The Hall–Kier alpha value is -2.87. The first-order valence-electron chi connectivity index (χ1n) is 10.9. The van der Waals surface area contributed by atoms with Gasteiger partial charge in [-0.05, 0) is 54.9 Å². The minimum absolute atomic E-state index is 0.240. The molecule has 158 valence electrons. The maximum Gasteiger partial charge on any atom is 0.192 e. The second-order valence-electron chi connectivity index (χ2n) is 8.70. The number of anilines is 1. The topological polar surface area (TPSA) is 79.4 Å². The van der Waals surface area contributed by atoms with Gasteiger partial charge in [0.05, 0.1) is 10.4 Å². The normalized spacial score (nSPS) is 25.2. The van der Waals surface area contributed by atoms with E-state index < -0.39 is 0 Å². The van der Waals surface area contributed by atoms with E-state index in [1.165, 1.54) is 37.0 Å². The van der Waals surface area contributed by atoms with Crippen LogP contribution in [0.1, 0.15) is 32.6 Å². The molecule has 0 saturated heterocycles. The van der Waals surface area contributed by atoms with Gasteiger partial charge in [-0.25, -0.2) is 19.3 Å². The van der Waals surface area contributed by atoms with Gasteiger partial charge in [-0.3, -0.25) is 4.98 Å². The fraction of sp³-hybridized carbons (Fsp3) is 0.391. The first-order chi connectivity index (χ1) is 15.2. The number of nitrogens with zero attached hydrogens (tertiary/aromatic N) is 4. The van der Waals surface area contributed by atoms with E-state index >= 15 is 4.39 Å². The van der Waals surface area contributed by atoms with Crippen LogP contribution < -0.4 is 5.32 Å². The van der Waals surface area contributed by atoms with Crippen molar-refractivity contribution in [2.75, 3.05) is 5.32 Å². The minimum Gasteiger partial charge on any atom is -0.364 e. The lowest BCUT2D eigenvalue weighted by Gasteiger charge is -2.47. The predicted molar refractivity (Wildman–Crippen MR) is 120 cm³/mol. The molecule has 0 radical (unpaired) electrons. The van der Waals surface area contributed by atoms with Crippen molar-refractivity contribution in [3.63, 3.8) is 0 Å². The molecule has 4 aromatic heterocycles. The van der Waals surface area contributed by atoms with Crippen LogP contribution in [0.2, 0.25) is 0 Å². The van der Waals surface area contributed by atoms with Gasteiger partial charge in [-0.2, -0.15) is 0 Å². The van der Waals surface area contributed by atoms with E-state index in [1.807, 2.05) is 17.5 Å². The minimum atomic E-state index is -0.384. The molecule has 3 saturated carbocycles. The Morgan fingerprint density at radius 1 is 1.10 bits per heavy atom. The van der Waals surface area contributed by atoms with Gasteiger partial charge >= 0.3 is 0 Å². The highest BCUT2D eigenvalue weighted by atomic mass is 32.1. The first kappa shape index (κ1) is 18.9. The first-order valence-corrected chi connectivity index (χ1v) is 11.7. The Balaban J connectivity index is 1.48. The lowest BCUT2D eigenvalue weighted by Crippen LogP contribution is -2.47. The third-order valence-electron chi connectivity index (χ3n) is 7.09. The lowest BCUT2D eigenvalue weighted by molar-refractivity contribution is 0.0926. The summed E-state index contributed by atoms with van der Waals surface area (Å²) in [6.45, 7) is 2.29. The zero-order valence-electron chi connectivity index (χ0n) is 17.2. The van der Waals surface area contributed by atoms with E-state index in [-0.39, 0.29) is 17.7 Å². The summed E-state index contributed by atoms with van der Waals surface area (Å²) in [4.78, 5) is 21.9. The van der Waals surface area contributed by atoms with E-state index in [1.54, 1.807) is 18.6 Å². The van der Waals surface area contributed by atoms with Crippen molar-refractivity contribution in [2.45, 2.75) is 38.6 Å². The number of fused-ring (bicyclic) bond motifs is 4. The summed E-state index contributed by atoms with van der Waals surface area (Å²) >= 11 is 1.47. The zero-order valence-corrected chi connectivity index (χ0v) is 18.0. The summed E-state index contributed by atoms with van der Waals surface area (Å²) in [5.74, 6) is 2.15. The van der Waals surface area contributed by atoms with Crippen molar-refractivity contribution >= 4 is 28.3 Å². The van der Waals surface area contributed by atoms with E-state index in [2.05, 4.69) is 37.2 Å². The third-order valence-corrected chi connectivity index (χ3v) is 7.97. The van der Waals surface area contributed by atoms with Crippen molar-refractivity contribution in [1.29, 1.82) is 0 Å². The molecule has 2 atom stereocenters. The van der Waals surface area contributed by atoms with Gasteiger partial charge in [0.1, 0.15) is 11.2 Å². The third kappa shape index (κ3) is 3.12. The highest BCUT2D eigenvalue weighted by Gasteiger charge is 2.41. The second kappa shape index (κ2) is 7.37. The molecule has 4 heterocycles. The number of hydrogen-bond donors (Lipinski definition) is 2. The number of rotatable bonds is 4. The summed E-state index contributed by atoms with van der Waals surface area (Å²) in [7, 11) is 0. The van der Waals surface area contributed by atoms with Crippen molar-refractivity contribution in [2.24, 2.45) is 17.8 Å². The van der Waals surface area contributed by atoms with Crippen LogP contribution in [0.5, 0.6) is 0 Å². The van der Waals surface area contributed by atoms with Gasteiger partial charge in [0.15, 0.2) is 23.1 Å². The molecular formula is C23H23FN6S. The molecular weight excluding hydrogens is 411 g/mol. The highest BCUT2D eigenvalue weighted by molar-refractivity contribution is 7.13. The number of nitrogens with one attached hydrogen (secondary N) is 2. The predicted octanol–water partition coefficient (Wildman–Crippen LogP) is 5.52. The molecule has 3 fully saturated rings. The second-order valence-corrected chi connectivity index (χ2v) is 9.64. The van der Waals surface area contributed by atoms with Gasteiger partial charge in [-0.1, -0.05) is 13.0 Å². The molecule has 8 heteroatoms. The average molecular weight is 435 g/mol. The molecule has 2 N–H and O–H groups in total. The Bertz CT molecular complexity index is 1230. The molecule has 0 amide bonds. The van der Waals surface area contributed by atoms with Crippen LogP contribution >= 0.6 is 11.3 Å². The maximum atomic E-state index is 15.7. The monoisotopic (exact) mass is 434 g/mol. The number of halogens is 1. The number of aromatic nitrogens is 5. The Morgan fingerprint density at radius 2 is 1.90 bits per heavy atom. The Morgan fingerprint density at radius 3 is 2.68 bits per heavy atom. The standard InChI is InChI=1S/C23H23FN6S/c1-12-13-4-6-14(7-5-13)18(12)28-22-17(24)20(16-3-2-10-31-16)29-21(30-22)15-11-27-23-19(15)25-8-9-26-23/h2-3,8-14,18H,4-7H2,1H3,(H,26,27)(H,28,29,30)/t12-,13?,14?,18+/m0/s1. The van der Waals surface area contributed by atoms with Crippen LogP contribution in [0.3, 0.4) is 0 Å². The van der Waals surface area contributed by atoms with Gasteiger partial charge < -0.3 is 10.3 Å². The van der Waals surface area contributed by atoms with Crippen LogP contribution in [0.25, 0.3) is 33.1 Å². The molecule has 0 aromatic carbocycles. The molecule has 0 aliphatic heterocycles. The van der Waals surface area contributed by atoms with Gasteiger partial charge in [0.25, 0.3) is 0 Å². The fourth-order valence-corrected chi connectivity index (χ4v) is 6.13. The van der Waals surface area contributed by atoms with Crippen molar-refractivity contribution in [3.05, 3.63) is 41.9 Å². The van der Waals surface area contributed by atoms with Crippen molar-refractivity contribution in [1.82, 2.24) is 24.9 Å². The van der Waals surface area contributed by atoms with Crippen LogP contribution in [-0.4, -0.2) is 31.0 Å². The van der Waals surface area contributed by atoms with Crippen molar-refractivity contribution < 1.29 is 4.39 Å². The summed E-state index contributed by atoms with van der Waals surface area (Å²) in [5, 5.41) is 5.45. The lowest BCUT2D eigenvalue weighted by atomic mass is 9.62. The number of aromatic amines is 1. The smallest absolute Gasteiger partial charge is 0.192 e. The average Bonchev–Trinajstić information content (AvgIpc) is 3.48. The molecule has 2 bridgehead atoms. The molecule has 3 aliphatic carbocycles. The van der Waals surface area contributed by atoms with Crippen LogP contribution in [0, 0.1) is 23.6 Å². The SMILES string of the molecule is C[C@H]1C2CCC(CC2)[C@@H]1Nc1nc(-c2c[nH]c3nccnc23)nc(-c2cccs2)c1F. The van der Waals surface area contributed by atoms with E-state index in [0.29, 0.717) is 40.4 Å². The molecule has 7 rings (SSSR count). The Kier molecular flexibility index (Phi) is 4.49. The quantitative estimate of drug-likeness (QED) is 0.442. The van der Waals surface area contributed by atoms with E-state index in [4.69, 9.17) is 0 Å². The van der Waals surface area contributed by atoms with Gasteiger partial charge in [0.2, 0.25) is 0 Å². The van der Waals surface area contributed by atoms with Crippen LogP contribution in [0.15, 0.2) is 36.1 Å². The number of H-pyrrole nitrogens is 1. The van der Waals surface area contributed by atoms with Crippen LogP contribution in [-0.2, 0) is 0 Å². The number of hydrogen-bond acceptors (Lipinski definition) is 6. The zero-order chi connectivity index (χ0) is 20.9. The van der Waals surface area contributed by atoms with E-state index in [9.17, 15) is 0 Å². The summed E-state index contributed by atoms with van der Waals surface area (Å²) in [5.41, 5.74) is 2.40. The molecule has 6 nitrogen and oxygen atoms in total. The maximum absolute atomic E-state index is 15.7. The Labute approximate surface area is 183 Å². The molecule has 4 aromatic rings. The van der Waals surface area contributed by atoms with Gasteiger partial charge in [0, 0.05) is 24.6 Å². The molecule has 0 spiro atoms. The number of thiophene rings is 1. The highest BCUT2D eigenvalue weighted by Crippen LogP contribution is 2.46. The van der Waals surface area contributed by atoms with E-state index in [0.717, 1.165) is 10.4 Å².